The van der Waals surface area contributed by atoms with Crippen molar-refractivity contribution >= 4 is 16.9 Å². The Morgan fingerprint density at radius 1 is 1.44 bits per heavy atom. The molecule has 3 nitrogen and oxygen atoms in total. The summed E-state index contributed by atoms with van der Waals surface area (Å²) in [5, 5.41) is 0.206. The lowest BCUT2D eigenvalue weighted by Gasteiger charge is -1.98. The maximum atomic E-state index is 13.2. The fraction of sp³-hybridized carbons (Fsp3) is 0.182. The van der Waals surface area contributed by atoms with E-state index in [0.717, 1.165) is 12.3 Å². The third-order valence-corrected chi connectivity index (χ3v) is 2.13. The zero-order valence-corrected chi connectivity index (χ0v) is 8.42. The number of rotatable bonds is 2. The Bertz CT molecular complexity index is 545. The number of furan rings is 1. The molecule has 0 aliphatic heterocycles. The van der Waals surface area contributed by atoms with Crippen molar-refractivity contribution < 1.29 is 22.7 Å². The van der Waals surface area contributed by atoms with Crippen LogP contribution in [0.25, 0.3) is 11.0 Å². The normalized spacial score (nSPS) is 10.7. The standard InChI is InChI=1S/C11H8F2O3/c1-2-15-11(14)7-5-16-10-6(7)3-4-8(12)9(10)13/h3-5H,2H2,1H3. The number of carbonyl (C=O) groups excluding carboxylic acids is 1. The summed E-state index contributed by atoms with van der Waals surface area (Å²) in [7, 11) is 0. The number of halogens is 2. The molecule has 1 heterocycles. The average Bonchev–Trinajstić information content (AvgIpc) is 2.68. The molecular formula is C11H8F2O3. The molecule has 0 aliphatic carbocycles. The van der Waals surface area contributed by atoms with Crippen molar-refractivity contribution in [2.45, 2.75) is 6.92 Å². The zero-order valence-electron chi connectivity index (χ0n) is 8.42. The molecule has 0 radical (unpaired) electrons. The highest BCUT2D eigenvalue weighted by Crippen LogP contribution is 2.25. The van der Waals surface area contributed by atoms with Gasteiger partial charge in [-0.2, -0.15) is 4.39 Å². The first kappa shape index (κ1) is 10.6. The molecule has 0 spiro atoms. The first-order valence-corrected chi connectivity index (χ1v) is 4.67. The monoisotopic (exact) mass is 226 g/mol. The van der Waals surface area contributed by atoms with Crippen LogP contribution in [0.5, 0.6) is 0 Å². The molecule has 84 valence electrons. The molecule has 2 rings (SSSR count). The van der Waals surface area contributed by atoms with Crippen LogP contribution in [0.4, 0.5) is 8.78 Å². The second kappa shape index (κ2) is 3.92. The van der Waals surface area contributed by atoms with Gasteiger partial charge in [0.1, 0.15) is 11.8 Å². The third-order valence-electron chi connectivity index (χ3n) is 2.13. The lowest BCUT2D eigenvalue weighted by Crippen LogP contribution is -2.03. The largest absolute Gasteiger partial charge is 0.462 e. The van der Waals surface area contributed by atoms with Crippen LogP contribution in [0.3, 0.4) is 0 Å². The van der Waals surface area contributed by atoms with Gasteiger partial charge in [-0.25, -0.2) is 9.18 Å². The molecule has 0 atom stereocenters. The van der Waals surface area contributed by atoms with Gasteiger partial charge in [-0.1, -0.05) is 0 Å². The maximum absolute atomic E-state index is 13.2. The Kier molecular flexibility index (Phi) is 2.60. The molecular weight excluding hydrogens is 218 g/mol. The van der Waals surface area contributed by atoms with Crippen LogP contribution in [-0.4, -0.2) is 12.6 Å². The second-order valence-electron chi connectivity index (χ2n) is 3.11. The van der Waals surface area contributed by atoms with Crippen LogP contribution in [-0.2, 0) is 4.74 Å². The predicted molar refractivity (Wildman–Crippen MR) is 52.1 cm³/mol. The van der Waals surface area contributed by atoms with Gasteiger partial charge < -0.3 is 9.15 Å². The van der Waals surface area contributed by atoms with E-state index >= 15 is 0 Å². The minimum absolute atomic E-state index is 0.0933. The van der Waals surface area contributed by atoms with E-state index in [0.29, 0.717) is 0 Å². The second-order valence-corrected chi connectivity index (χ2v) is 3.11. The van der Waals surface area contributed by atoms with E-state index in [1.54, 1.807) is 6.92 Å². The van der Waals surface area contributed by atoms with E-state index in [4.69, 9.17) is 9.15 Å². The van der Waals surface area contributed by atoms with Crippen molar-refractivity contribution in [1.82, 2.24) is 0 Å². The van der Waals surface area contributed by atoms with Crippen LogP contribution in [0.15, 0.2) is 22.8 Å². The molecule has 0 N–H and O–H groups in total. The number of esters is 1. The Labute approximate surface area is 89.6 Å². The molecule has 0 aliphatic rings. The minimum Gasteiger partial charge on any atom is -0.462 e. The molecule has 0 amide bonds. The summed E-state index contributed by atoms with van der Waals surface area (Å²) in [5.74, 6) is -2.74. The summed E-state index contributed by atoms with van der Waals surface area (Å²) < 4.78 is 35.7. The molecule has 0 bridgehead atoms. The van der Waals surface area contributed by atoms with E-state index in [1.807, 2.05) is 0 Å². The Balaban J connectivity index is 2.58. The number of fused-ring (bicyclic) bond motifs is 1. The summed E-state index contributed by atoms with van der Waals surface area (Å²) in [4.78, 5) is 11.4. The number of ether oxygens (including phenoxy) is 1. The van der Waals surface area contributed by atoms with E-state index in [9.17, 15) is 13.6 Å². The number of benzene rings is 1. The molecule has 0 fully saturated rings. The van der Waals surface area contributed by atoms with E-state index in [2.05, 4.69) is 0 Å². The molecule has 1 aromatic carbocycles. The molecule has 1 aromatic heterocycles. The smallest absolute Gasteiger partial charge is 0.342 e. The number of carbonyl (C=O) groups is 1. The Morgan fingerprint density at radius 2 is 2.19 bits per heavy atom. The van der Waals surface area contributed by atoms with Gasteiger partial charge in [0.15, 0.2) is 11.4 Å². The highest BCUT2D eigenvalue weighted by Gasteiger charge is 2.18. The van der Waals surface area contributed by atoms with Crippen LogP contribution >= 0.6 is 0 Å². The topological polar surface area (TPSA) is 39.4 Å². The molecule has 5 heteroatoms. The van der Waals surface area contributed by atoms with Crippen molar-refractivity contribution in [3.05, 3.63) is 35.6 Å². The Hall–Kier alpha value is -1.91. The highest BCUT2D eigenvalue weighted by molar-refractivity contribution is 6.03. The molecule has 0 unspecified atom stereocenters. The van der Waals surface area contributed by atoms with Crippen molar-refractivity contribution in [3.8, 4) is 0 Å². The van der Waals surface area contributed by atoms with Gasteiger partial charge in [0.2, 0.25) is 5.82 Å². The minimum atomic E-state index is -1.10. The SMILES string of the molecule is CCOC(=O)c1coc2c(F)c(F)ccc12. The maximum Gasteiger partial charge on any atom is 0.342 e. The van der Waals surface area contributed by atoms with E-state index in [1.165, 1.54) is 6.07 Å². The lowest BCUT2D eigenvalue weighted by molar-refractivity contribution is 0.0527. The van der Waals surface area contributed by atoms with Gasteiger partial charge in [-0.05, 0) is 19.1 Å². The van der Waals surface area contributed by atoms with Crippen LogP contribution < -0.4 is 0 Å². The summed E-state index contributed by atoms with van der Waals surface area (Å²) >= 11 is 0. The highest BCUT2D eigenvalue weighted by atomic mass is 19.2. The molecule has 16 heavy (non-hydrogen) atoms. The number of hydrogen-bond acceptors (Lipinski definition) is 3. The number of hydrogen-bond donors (Lipinski definition) is 0. The molecule has 2 aromatic rings. The summed E-state index contributed by atoms with van der Waals surface area (Å²) in [6, 6.07) is 2.22. The van der Waals surface area contributed by atoms with Crippen molar-refractivity contribution in [1.29, 1.82) is 0 Å². The zero-order chi connectivity index (χ0) is 11.7. The van der Waals surface area contributed by atoms with Crippen LogP contribution in [0, 0.1) is 11.6 Å². The predicted octanol–water partition coefficient (Wildman–Crippen LogP) is 2.89. The first-order chi connectivity index (χ1) is 7.65. The van der Waals surface area contributed by atoms with Crippen molar-refractivity contribution in [2.75, 3.05) is 6.61 Å². The first-order valence-electron chi connectivity index (χ1n) is 4.67. The van der Waals surface area contributed by atoms with Gasteiger partial charge in [-0.15, -0.1) is 0 Å². The fourth-order valence-electron chi connectivity index (χ4n) is 1.41. The van der Waals surface area contributed by atoms with Crippen molar-refractivity contribution in [2.24, 2.45) is 0 Å². The summed E-state index contributed by atoms with van der Waals surface area (Å²) in [6.45, 7) is 1.86. The van der Waals surface area contributed by atoms with Gasteiger partial charge in [0, 0.05) is 5.39 Å². The van der Waals surface area contributed by atoms with Crippen molar-refractivity contribution in [3.63, 3.8) is 0 Å². The lowest BCUT2D eigenvalue weighted by atomic mass is 10.1. The summed E-state index contributed by atoms with van der Waals surface area (Å²) in [5.41, 5.74) is -0.182. The quantitative estimate of drug-likeness (QED) is 0.739. The fourth-order valence-corrected chi connectivity index (χ4v) is 1.41. The van der Waals surface area contributed by atoms with Crippen LogP contribution in [0.1, 0.15) is 17.3 Å². The average molecular weight is 226 g/mol. The molecule has 0 saturated heterocycles. The third kappa shape index (κ3) is 1.54. The van der Waals surface area contributed by atoms with Gasteiger partial charge >= 0.3 is 5.97 Å². The van der Waals surface area contributed by atoms with Gasteiger partial charge in [0.05, 0.1) is 6.61 Å². The van der Waals surface area contributed by atoms with Gasteiger partial charge in [0.25, 0.3) is 0 Å². The summed E-state index contributed by atoms with van der Waals surface area (Å²) in [6.07, 6.45) is 1.06. The van der Waals surface area contributed by atoms with Crippen LogP contribution in [0.2, 0.25) is 0 Å². The van der Waals surface area contributed by atoms with E-state index in [-0.39, 0.29) is 23.1 Å². The van der Waals surface area contributed by atoms with Gasteiger partial charge in [-0.3, -0.25) is 0 Å². The Morgan fingerprint density at radius 3 is 2.88 bits per heavy atom. The molecule has 0 saturated carbocycles. The van der Waals surface area contributed by atoms with E-state index < -0.39 is 17.6 Å².